The molecule has 0 fully saturated rings. The first-order valence-electron chi connectivity index (χ1n) is 8.32. The third-order valence-electron chi connectivity index (χ3n) is 3.94. The summed E-state index contributed by atoms with van der Waals surface area (Å²) in [6, 6.07) is 18.6. The summed E-state index contributed by atoms with van der Waals surface area (Å²) in [5, 5.41) is 0. The van der Waals surface area contributed by atoms with Gasteiger partial charge in [0.1, 0.15) is 0 Å². The van der Waals surface area contributed by atoms with E-state index in [0.717, 1.165) is 0 Å². The fourth-order valence-corrected chi connectivity index (χ4v) is 9.02. The minimum absolute atomic E-state index is 1.19. The first kappa shape index (κ1) is 16.5. The third kappa shape index (κ3) is 4.33. The van der Waals surface area contributed by atoms with Crippen molar-refractivity contribution in [2.75, 3.05) is 0 Å². The molecule has 0 atom stereocenters. The van der Waals surface area contributed by atoms with Crippen molar-refractivity contribution in [1.82, 2.24) is 0 Å². The Morgan fingerprint density at radius 2 is 1.17 bits per heavy atom. The van der Waals surface area contributed by atoms with Crippen LogP contribution in [0.25, 0.3) is 0 Å². The standard InChI is InChI=1S/C8H11.2C7H7.Pt/c1-2-4-6-8-7-5-3-1;2*1-7-5-3-2-4-6-7;/h1-2,7H,3-6H2;2*3-6H,1H3;. The van der Waals surface area contributed by atoms with Crippen molar-refractivity contribution in [3.63, 3.8) is 0 Å². The summed E-state index contributed by atoms with van der Waals surface area (Å²) in [4.78, 5) is 0. The van der Waals surface area contributed by atoms with Gasteiger partial charge in [0, 0.05) is 0 Å². The molecular weight excluding hydrogens is 459 g/mol. The molecule has 0 amide bonds. The normalized spacial score (nSPS) is 15.6. The van der Waals surface area contributed by atoms with Crippen molar-refractivity contribution in [2.24, 2.45) is 0 Å². The molecule has 0 aliphatic heterocycles. The van der Waals surface area contributed by atoms with Gasteiger partial charge in [0.15, 0.2) is 0 Å². The molecule has 123 valence electrons. The Kier molecular flexibility index (Phi) is 5.68. The first-order valence-corrected chi connectivity index (χ1v) is 11.7. The molecule has 0 bridgehead atoms. The summed E-state index contributed by atoms with van der Waals surface area (Å²) in [6.45, 7) is 4.35. The summed E-state index contributed by atoms with van der Waals surface area (Å²) in [6.07, 6.45) is 12.1. The molecule has 0 spiro atoms. The van der Waals surface area contributed by atoms with Crippen LogP contribution in [0.5, 0.6) is 0 Å². The van der Waals surface area contributed by atoms with Crippen LogP contribution in [0, 0.1) is 13.8 Å². The van der Waals surface area contributed by atoms with Crippen molar-refractivity contribution in [2.45, 2.75) is 39.5 Å². The van der Waals surface area contributed by atoms with Crippen LogP contribution in [0.1, 0.15) is 36.8 Å². The van der Waals surface area contributed by atoms with Crippen LogP contribution in [-0.2, 0) is 17.3 Å². The molecule has 0 unspecified atom stereocenters. The summed E-state index contributed by atoms with van der Waals surface area (Å²) < 4.78 is 4.87. The molecule has 0 heterocycles. The fraction of sp³-hybridized carbons (Fsp3) is 0.273. The van der Waals surface area contributed by atoms with E-state index in [9.17, 15) is 0 Å². The molecule has 0 radical (unpaired) electrons. The maximum absolute atomic E-state index is 2.55. The van der Waals surface area contributed by atoms with Crippen LogP contribution in [-0.4, -0.2) is 0 Å². The van der Waals surface area contributed by atoms with Gasteiger partial charge >= 0.3 is 147 Å². The van der Waals surface area contributed by atoms with Crippen molar-refractivity contribution in [3.05, 3.63) is 81.8 Å². The van der Waals surface area contributed by atoms with Gasteiger partial charge in [-0.1, -0.05) is 0 Å². The van der Waals surface area contributed by atoms with E-state index in [1.807, 2.05) is 0 Å². The molecule has 0 saturated heterocycles. The van der Waals surface area contributed by atoms with Gasteiger partial charge in [-0.2, -0.15) is 0 Å². The van der Waals surface area contributed by atoms with Crippen LogP contribution in [0.4, 0.5) is 0 Å². The molecule has 0 saturated carbocycles. The third-order valence-corrected chi connectivity index (χ3v) is 10.6. The van der Waals surface area contributed by atoms with E-state index in [1.165, 1.54) is 36.8 Å². The monoisotopic (exact) mass is 484 g/mol. The van der Waals surface area contributed by atoms with E-state index in [0.29, 0.717) is 0 Å². The second-order valence-electron chi connectivity index (χ2n) is 5.96. The van der Waals surface area contributed by atoms with Gasteiger partial charge in [0.25, 0.3) is 0 Å². The van der Waals surface area contributed by atoms with E-state index in [2.05, 4.69) is 80.6 Å². The Morgan fingerprint density at radius 3 is 1.74 bits per heavy atom. The molecule has 0 aromatic heterocycles. The van der Waals surface area contributed by atoms with Gasteiger partial charge in [-0.05, 0) is 0 Å². The number of benzene rings is 2. The van der Waals surface area contributed by atoms with E-state index < -0.39 is 17.3 Å². The molecule has 1 heteroatoms. The molecule has 1 aliphatic rings. The van der Waals surface area contributed by atoms with Gasteiger partial charge in [-0.15, -0.1) is 0 Å². The number of allylic oxidation sites excluding steroid dienone is 4. The van der Waals surface area contributed by atoms with E-state index in [4.69, 9.17) is 0 Å². The van der Waals surface area contributed by atoms with Crippen molar-refractivity contribution < 1.29 is 17.3 Å². The first-order chi connectivity index (χ1) is 11.2. The van der Waals surface area contributed by atoms with Crippen LogP contribution >= 0.6 is 0 Å². The van der Waals surface area contributed by atoms with Gasteiger partial charge in [-0.3, -0.25) is 0 Å². The molecule has 1 aliphatic carbocycles. The minimum atomic E-state index is -1.52. The molecular formula is C22H25Pt. The van der Waals surface area contributed by atoms with Gasteiger partial charge in [0.2, 0.25) is 0 Å². The molecule has 3 rings (SSSR count). The zero-order valence-electron chi connectivity index (χ0n) is 14.0. The quantitative estimate of drug-likeness (QED) is 0.545. The Labute approximate surface area is 146 Å². The average molecular weight is 485 g/mol. The maximum atomic E-state index is 2.55. The van der Waals surface area contributed by atoms with Crippen LogP contribution in [0.15, 0.2) is 70.7 Å². The summed E-state index contributed by atoms with van der Waals surface area (Å²) in [7, 11) is 0. The zero-order valence-corrected chi connectivity index (χ0v) is 16.3. The Bertz CT molecular complexity index is 644. The van der Waals surface area contributed by atoms with E-state index in [1.54, 1.807) is 11.9 Å². The predicted octanol–water partition coefficient (Wildman–Crippen LogP) is 4.89. The molecule has 2 aromatic carbocycles. The molecule has 0 nitrogen and oxygen atoms in total. The summed E-state index contributed by atoms with van der Waals surface area (Å²) in [5.74, 6) is 0. The predicted molar refractivity (Wildman–Crippen MR) is 97.3 cm³/mol. The molecule has 23 heavy (non-hydrogen) atoms. The molecule has 0 N–H and O–H groups in total. The van der Waals surface area contributed by atoms with Crippen LogP contribution in [0.2, 0.25) is 0 Å². The summed E-state index contributed by atoms with van der Waals surface area (Å²) in [5.41, 5.74) is 2.70. The Balaban J connectivity index is 2.01. The van der Waals surface area contributed by atoms with Crippen LogP contribution in [0.3, 0.4) is 0 Å². The summed E-state index contributed by atoms with van der Waals surface area (Å²) >= 11 is -1.52. The van der Waals surface area contributed by atoms with Crippen LogP contribution < -0.4 is 7.91 Å². The average Bonchev–Trinajstić information content (AvgIpc) is 2.53. The number of hydrogen-bond acceptors (Lipinski definition) is 0. The second kappa shape index (κ2) is 7.93. The Morgan fingerprint density at radius 1 is 0.652 bits per heavy atom. The van der Waals surface area contributed by atoms with Crippen molar-refractivity contribution >= 4 is 7.91 Å². The van der Waals surface area contributed by atoms with Gasteiger partial charge in [-0.25, -0.2) is 0 Å². The zero-order chi connectivity index (χ0) is 16.1. The number of aryl methyl sites for hydroxylation is 2. The van der Waals surface area contributed by atoms with Crippen molar-refractivity contribution in [3.8, 4) is 0 Å². The van der Waals surface area contributed by atoms with Gasteiger partial charge in [0.05, 0.1) is 0 Å². The topological polar surface area (TPSA) is 0 Å². The van der Waals surface area contributed by atoms with Crippen molar-refractivity contribution in [1.29, 1.82) is 0 Å². The number of hydrogen-bond donors (Lipinski definition) is 0. The van der Waals surface area contributed by atoms with E-state index >= 15 is 0 Å². The second-order valence-corrected chi connectivity index (χ2v) is 11.7. The fourth-order valence-electron chi connectivity index (χ4n) is 2.62. The Hall–Kier alpha value is -1.39. The number of rotatable bonds is 3. The SMILES string of the molecule is Cc1cc[c]([Pt]([C]2=CCCC=CCC2)[c]2ccc(C)cc2)cc1. The molecule has 2 aromatic rings. The van der Waals surface area contributed by atoms with E-state index in [-0.39, 0.29) is 0 Å². The van der Waals surface area contributed by atoms with Gasteiger partial charge < -0.3 is 0 Å².